The van der Waals surface area contributed by atoms with Gasteiger partial charge in [-0.3, -0.25) is 4.79 Å². The monoisotopic (exact) mass is 425 g/mol. The van der Waals surface area contributed by atoms with Crippen LogP contribution in [0.5, 0.6) is 0 Å². The van der Waals surface area contributed by atoms with Gasteiger partial charge < -0.3 is 5.32 Å². The highest BCUT2D eigenvalue weighted by molar-refractivity contribution is 6.37. The summed E-state index contributed by atoms with van der Waals surface area (Å²) in [4.78, 5) is 53.6. The van der Waals surface area contributed by atoms with Crippen LogP contribution in [0.25, 0.3) is 0 Å². The molecule has 2 aromatic heterocycles. The maximum atomic E-state index is 12.5. The summed E-state index contributed by atoms with van der Waals surface area (Å²) in [6.45, 7) is 7.71. The Hall–Kier alpha value is -2.91. The van der Waals surface area contributed by atoms with Gasteiger partial charge in [0.15, 0.2) is 5.82 Å². The molecular formula is C17H17Cl2N5O4. The lowest BCUT2D eigenvalue weighted by atomic mass is 10.3. The van der Waals surface area contributed by atoms with Crippen molar-refractivity contribution in [3.63, 3.8) is 0 Å². The van der Waals surface area contributed by atoms with E-state index in [1.807, 2.05) is 0 Å². The zero-order chi connectivity index (χ0) is 21.0. The standard InChI is InChI=1S/C17H17Cl2N5O4/c1-4-6-22-15(26)23(7-5-2)17(28)24(16(22)27)9-12(25)21-14-13(19)10(3)11(18)8-20-14/h4-5,8H,1-2,6-7,9H2,3H3,(H,20,21,25). The number of rotatable bonds is 7. The summed E-state index contributed by atoms with van der Waals surface area (Å²) in [5.41, 5.74) is -2.17. The largest absolute Gasteiger partial charge is 0.337 e. The van der Waals surface area contributed by atoms with Crippen molar-refractivity contribution in [1.29, 1.82) is 0 Å². The average Bonchev–Trinajstić information content (AvgIpc) is 2.66. The molecule has 0 aliphatic heterocycles. The van der Waals surface area contributed by atoms with E-state index in [1.165, 1.54) is 18.3 Å². The van der Waals surface area contributed by atoms with Crippen LogP contribution >= 0.6 is 23.2 Å². The predicted molar refractivity (Wildman–Crippen MR) is 107 cm³/mol. The zero-order valence-corrected chi connectivity index (χ0v) is 16.5. The van der Waals surface area contributed by atoms with Crippen molar-refractivity contribution in [3.8, 4) is 0 Å². The molecule has 0 saturated carbocycles. The Bertz CT molecular complexity index is 1080. The van der Waals surface area contributed by atoms with Gasteiger partial charge >= 0.3 is 17.1 Å². The smallest absolute Gasteiger partial charge is 0.308 e. The second kappa shape index (κ2) is 8.85. The Morgan fingerprint density at radius 1 is 1.07 bits per heavy atom. The first-order chi connectivity index (χ1) is 13.2. The molecule has 1 N–H and O–H groups in total. The minimum Gasteiger partial charge on any atom is -0.308 e. The number of pyridine rings is 1. The second-order valence-corrected chi connectivity index (χ2v) is 6.46. The molecule has 0 aromatic carbocycles. The van der Waals surface area contributed by atoms with E-state index in [0.29, 0.717) is 15.2 Å². The highest BCUT2D eigenvalue weighted by Gasteiger charge is 2.18. The number of aromatic nitrogens is 4. The summed E-state index contributed by atoms with van der Waals surface area (Å²) in [7, 11) is 0. The number of hydrogen-bond donors (Lipinski definition) is 1. The third-order valence-corrected chi connectivity index (χ3v) is 4.61. The van der Waals surface area contributed by atoms with Crippen molar-refractivity contribution in [1.82, 2.24) is 18.7 Å². The number of halogens is 2. The van der Waals surface area contributed by atoms with Gasteiger partial charge in [-0.1, -0.05) is 35.4 Å². The fraction of sp³-hybridized carbons (Fsp3) is 0.235. The zero-order valence-electron chi connectivity index (χ0n) is 14.9. The molecule has 0 fully saturated rings. The van der Waals surface area contributed by atoms with Gasteiger partial charge in [0.1, 0.15) is 6.54 Å². The first-order valence-electron chi connectivity index (χ1n) is 7.99. The van der Waals surface area contributed by atoms with Crippen LogP contribution in [0.4, 0.5) is 5.82 Å². The van der Waals surface area contributed by atoms with E-state index in [-0.39, 0.29) is 23.9 Å². The van der Waals surface area contributed by atoms with E-state index >= 15 is 0 Å². The fourth-order valence-electron chi connectivity index (χ4n) is 2.35. The molecule has 28 heavy (non-hydrogen) atoms. The van der Waals surface area contributed by atoms with E-state index < -0.39 is 29.5 Å². The normalized spacial score (nSPS) is 10.5. The summed E-state index contributed by atoms with van der Waals surface area (Å²) in [5.74, 6) is -0.697. The molecule has 148 valence electrons. The Labute approximate surface area is 169 Å². The van der Waals surface area contributed by atoms with Crippen LogP contribution in [0.15, 0.2) is 45.9 Å². The Morgan fingerprint density at radius 2 is 1.57 bits per heavy atom. The van der Waals surface area contributed by atoms with Crippen LogP contribution < -0.4 is 22.4 Å². The maximum Gasteiger partial charge on any atom is 0.337 e. The molecule has 0 atom stereocenters. The average molecular weight is 426 g/mol. The van der Waals surface area contributed by atoms with Gasteiger partial charge in [-0.2, -0.15) is 0 Å². The summed E-state index contributed by atoms with van der Waals surface area (Å²) in [5, 5.41) is 2.88. The molecule has 0 bridgehead atoms. The molecule has 0 aliphatic rings. The van der Waals surface area contributed by atoms with Gasteiger partial charge in [0.2, 0.25) is 5.91 Å². The van der Waals surface area contributed by atoms with Crippen LogP contribution in [-0.4, -0.2) is 24.6 Å². The molecule has 2 heterocycles. The molecule has 9 nitrogen and oxygen atoms in total. The van der Waals surface area contributed by atoms with Gasteiger partial charge in [-0.15, -0.1) is 13.2 Å². The molecule has 0 aliphatic carbocycles. The van der Waals surface area contributed by atoms with Gasteiger partial charge in [0.25, 0.3) is 0 Å². The van der Waals surface area contributed by atoms with Gasteiger partial charge in [0.05, 0.1) is 23.1 Å². The van der Waals surface area contributed by atoms with Gasteiger partial charge in [-0.25, -0.2) is 33.1 Å². The number of carbonyl (C=O) groups is 1. The second-order valence-electron chi connectivity index (χ2n) is 5.67. The number of allylic oxidation sites excluding steroid dienone is 2. The number of carbonyl (C=O) groups excluding carboxylic acids is 1. The molecule has 1 amide bonds. The summed E-state index contributed by atoms with van der Waals surface area (Å²) in [6, 6.07) is 0. The first-order valence-corrected chi connectivity index (χ1v) is 8.75. The van der Waals surface area contributed by atoms with E-state index in [1.54, 1.807) is 6.92 Å². The van der Waals surface area contributed by atoms with Crippen LogP contribution in [0.3, 0.4) is 0 Å². The number of amides is 1. The lowest BCUT2D eigenvalue weighted by Gasteiger charge is -2.13. The van der Waals surface area contributed by atoms with E-state index in [2.05, 4.69) is 23.5 Å². The van der Waals surface area contributed by atoms with Crippen molar-refractivity contribution < 1.29 is 4.79 Å². The molecule has 2 rings (SSSR count). The number of nitrogens with zero attached hydrogens (tertiary/aromatic N) is 4. The quantitative estimate of drug-likeness (QED) is 0.670. The molecular weight excluding hydrogens is 409 g/mol. The Balaban J connectivity index is 2.47. The SMILES string of the molecule is C=CCn1c(=O)n(CC=C)c(=O)n(CC(=O)Nc2ncc(Cl)c(C)c2Cl)c1=O. The topological polar surface area (TPSA) is 108 Å². The molecule has 0 unspecified atom stereocenters. The molecule has 11 heteroatoms. The van der Waals surface area contributed by atoms with Crippen molar-refractivity contribution in [2.75, 3.05) is 5.32 Å². The van der Waals surface area contributed by atoms with E-state index in [4.69, 9.17) is 23.2 Å². The first kappa shape index (κ1) is 21.4. The molecule has 0 radical (unpaired) electrons. The van der Waals surface area contributed by atoms with Crippen molar-refractivity contribution in [2.24, 2.45) is 0 Å². The third kappa shape index (κ3) is 4.15. The van der Waals surface area contributed by atoms with Crippen LogP contribution in [0.2, 0.25) is 10.0 Å². The van der Waals surface area contributed by atoms with Crippen LogP contribution in [-0.2, 0) is 24.4 Å². The number of nitrogens with one attached hydrogen (secondary N) is 1. The Morgan fingerprint density at radius 3 is 2.07 bits per heavy atom. The van der Waals surface area contributed by atoms with Gasteiger partial charge in [0, 0.05) is 6.20 Å². The van der Waals surface area contributed by atoms with E-state index in [0.717, 1.165) is 9.13 Å². The minimum atomic E-state index is -0.934. The molecule has 0 saturated heterocycles. The lowest BCUT2D eigenvalue weighted by molar-refractivity contribution is -0.116. The third-order valence-electron chi connectivity index (χ3n) is 3.77. The minimum absolute atomic E-state index is 0.0347. The number of anilines is 1. The lowest BCUT2D eigenvalue weighted by Crippen LogP contribution is -2.55. The number of hydrogen-bond acceptors (Lipinski definition) is 5. The molecule has 2 aromatic rings. The highest BCUT2D eigenvalue weighted by atomic mass is 35.5. The molecule has 0 spiro atoms. The van der Waals surface area contributed by atoms with E-state index in [9.17, 15) is 19.2 Å². The van der Waals surface area contributed by atoms with Crippen LogP contribution in [0, 0.1) is 6.92 Å². The van der Waals surface area contributed by atoms with Crippen molar-refractivity contribution in [3.05, 3.63) is 78.6 Å². The van der Waals surface area contributed by atoms with Crippen molar-refractivity contribution in [2.45, 2.75) is 26.6 Å². The van der Waals surface area contributed by atoms with Crippen molar-refractivity contribution >= 4 is 34.9 Å². The predicted octanol–water partition coefficient (Wildman–Crippen LogP) is 1.19. The summed E-state index contributed by atoms with van der Waals surface area (Å²) >= 11 is 12.0. The summed E-state index contributed by atoms with van der Waals surface area (Å²) in [6.07, 6.45) is 3.97. The fourth-order valence-corrected chi connectivity index (χ4v) is 2.74. The van der Waals surface area contributed by atoms with Gasteiger partial charge in [-0.05, 0) is 12.5 Å². The maximum absolute atomic E-state index is 12.5. The summed E-state index contributed by atoms with van der Waals surface area (Å²) < 4.78 is 2.23. The highest BCUT2D eigenvalue weighted by Crippen LogP contribution is 2.28. The van der Waals surface area contributed by atoms with Crippen LogP contribution in [0.1, 0.15) is 5.56 Å². The Kier molecular flexibility index (Phi) is 6.76.